The van der Waals surface area contributed by atoms with Crippen molar-refractivity contribution in [2.24, 2.45) is 0 Å². The molecule has 0 bridgehead atoms. The molecule has 31 heavy (non-hydrogen) atoms. The Labute approximate surface area is 182 Å². The van der Waals surface area contributed by atoms with E-state index in [-0.39, 0.29) is 36.8 Å². The van der Waals surface area contributed by atoms with Crippen LogP contribution < -0.4 is 10.2 Å². The molecule has 162 valence electrons. The first kappa shape index (κ1) is 21.1. The van der Waals surface area contributed by atoms with E-state index in [1.165, 1.54) is 4.90 Å². The van der Waals surface area contributed by atoms with Gasteiger partial charge in [-0.05, 0) is 55.7 Å². The molecular formula is C24H27N3O4. The van der Waals surface area contributed by atoms with Crippen molar-refractivity contribution in [2.75, 3.05) is 37.0 Å². The molecule has 0 aliphatic carbocycles. The van der Waals surface area contributed by atoms with Gasteiger partial charge in [-0.3, -0.25) is 19.3 Å². The summed E-state index contributed by atoms with van der Waals surface area (Å²) in [6.07, 6.45) is 3.10. The van der Waals surface area contributed by atoms with Crippen LogP contribution in [0.5, 0.6) is 0 Å². The van der Waals surface area contributed by atoms with Crippen LogP contribution >= 0.6 is 0 Å². The van der Waals surface area contributed by atoms with Gasteiger partial charge in [0.05, 0.1) is 17.2 Å². The van der Waals surface area contributed by atoms with Gasteiger partial charge in [0.15, 0.2) is 0 Å². The van der Waals surface area contributed by atoms with E-state index in [0.29, 0.717) is 17.5 Å². The number of methoxy groups -OCH3 is 1. The fourth-order valence-corrected chi connectivity index (χ4v) is 4.18. The summed E-state index contributed by atoms with van der Waals surface area (Å²) in [4.78, 5) is 40.6. The molecule has 2 aromatic carbocycles. The lowest BCUT2D eigenvalue weighted by Gasteiger charge is -2.33. The Morgan fingerprint density at radius 2 is 1.74 bits per heavy atom. The first-order chi connectivity index (χ1) is 15.1. The summed E-state index contributed by atoms with van der Waals surface area (Å²) >= 11 is 0. The number of benzene rings is 2. The predicted octanol–water partition coefficient (Wildman–Crippen LogP) is 3.32. The van der Waals surface area contributed by atoms with Gasteiger partial charge in [-0.15, -0.1) is 0 Å². The molecule has 0 saturated carbocycles. The summed E-state index contributed by atoms with van der Waals surface area (Å²) in [5.41, 5.74) is 2.71. The number of rotatable bonds is 7. The highest BCUT2D eigenvalue weighted by atomic mass is 16.5. The number of amides is 3. The van der Waals surface area contributed by atoms with E-state index in [9.17, 15) is 14.4 Å². The molecule has 0 spiro atoms. The molecule has 4 rings (SSSR count). The molecule has 0 radical (unpaired) electrons. The maximum Gasteiger partial charge on any atom is 0.261 e. The van der Waals surface area contributed by atoms with Crippen LogP contribution in [0.2, 0.25) is 0 Å². The monoisotopic (exact) mass is 421 g/mol. The van der Waals surface area contributed by atoms with E-state index in [4.69, 9.17) is 4.74 Å². The minimum atomic E-state index is -0.287. The van der Waals surface area contributed by atoms with E-state index in [1.54, 1.807) is 31.4 Å². The Morgan fingerprint density at radius 1 is 1.06 bits per heavy atom. The van der Waals surface area contributed by atoms with Gasteiger partial charge in [0, 0.05) is 44.5 Å². The molecular weight excluding hydrogens is 394 g/mol. The quantitative estimate of drug-likeness (QED) is 0.694. The fraction of sp³-hybridized carbons (Fsp3) is 0.375. The van der Waals surface area contributed by atoms with Gasteiger partial charge in [0.2, 0.25) is 5.91 Å². The van der Waals surface area contributed by atoms with Gasteiger partial charge in [0.1, 0.15) is 0 Å². The van der Waals surface area contributed by atoms with Gasteiger partial charge in [-0.2, -0.15) is 0 Å². The maximum atomic E-state index is 12.4. The van der Waals surface area contributed by atoms with Crippen LogP contribution in [0.4, 0.5) is 11.4 Å². The van der Waals surface area contributed by atoms with Gasteiger partial charge < -0.3 is 15.0 Å². The highest BCUT2D eigenvalue weighted by molar-refractivity contribution is 6.21. The van der Waals surface area contributed by atoms with Gasteiger partial charge in [-0.25, -0.2) is 0 Å². The number of piperidine rings is 1. The third-order valence-electron chi connectivity index (χ3n) is 5.89. The highest BCUT2D eigenvalue weighted by Gasteiger charge is 2.34. The molecule has 1 saturated heterocycles. The minimum Gasteiger partial charge on any atom is -0.380 e. The molecule has 2 heterocycles. The second kappa shape index (κ2) is 9.31. The second-order valence-electron chi connectivity index (χ2n) is 7.95. The Balaban J connectivity index is 1.25. The van der Waals surface area contributed by atoms with Crippen LogP contribution in [0.3, 0.4) is 0 Å². The fourth-order valence-electron chi connectivity index (χ4n) is 4.18. The molecule has 3 amide bonds. The zero-order valence-corrected chi connectivity index (χ0v) is 17.7. The summed E-state index contributed by atoms with van der Waals surface area (Å²) in [5.74, 6) is -0.711. The summed E-state index contributed by atoms with van der Waals surface area (Å²) in [6.45, 7) is 2.11. The molecule has 7 heteroatoms. The summed E-state index contributed by atoms with van der Waals surface area (Å²) in [6, 6.07) is 14.6. The molecule has 7 nitrogen and oxygen atoms in total. The molecule has 2 aliphatic rings. The normalized spacial score (nSPS) is 18.3. The lowest BCUT2D eigenvalue weighted by molar-refractivity contribution is -0.116. The van der Waals surface area contributed by atoms with Crippen LogP contribution in [0.15, 0.2) is 48.5 Å². The van der Waals surface area contributed by atoms with Crippen LogP contribution in [0.25, 0.3) is 0 Å². The number of fused-ring (bicyclic) bond motifs is 1. The lowest BCUT2D eigenvalue weighted by Crippen LogP contribution is -2.39. The van der Waals surface area contributed by atoms with Crippen molar-refractivity contribution in [3.8, 4) is 0 Å². The van der Waals surface area contributed by atoms with Crippen molar-refractivity contribution < 1.29 is 19.1 Å². The molecule has 2 aliphatic heterocycles. The number of hydrogen-bond acceptors (Lipinski definition) is 5. The number of ether oxygens (including phenoxy) is 1. The van der Waals surface area contributed by atoms with Crippen molar-refractivity contribution in [3.05, 3.63) is 59.7 Å². The number of hydrogen-bond donors (Lipinski definition) is 1. The lowest BCUT2D eigenvalue weighted by atomic mass is 10.1. The van der Waals surface area contributed by atoms with Gasteiger partial charge in [-0.1, -0.05) is 12.1 Å². The third kappa shape index (κ3) is 4.61. The van der Waals surface area contributed by atoms with E-state index in [2.05, 4.69) is 10.2 Å². The topological polar surface area (TPSA) is 79.0 Å². The second-order valence-corrected chi connectivity index (χ2v) is 7.95. The number of nitrogens with zero attached hydrogens (tertiary/aromatic N) is 2. The Hall–Kier alpha value is -3.19. The molecule has 0 aromatic heterocycles. The van der Waals surface area contributed by atoms with Crippen LogP contribution in [0, 0.1) is 0 Å². The number of nitrogens with one attached hydrogen (secondary N) is 1. The van der Waals surface area contributed by atoms with Crippen LogP contribution in [0.1, 0.15) is 46.4 Å². The zero-order chi connectivity index (χ0) is 21.8. The largest absolute Gasteiger partial charge is 0.380 e. The Kier molecular flexibility index (Phi) is 6.32. The van der Waals surface area contributed by atoms with Crippen LogP contribution in [-0.4, -0.2) is 55.5 Å². The first-order valence-electron chi connectivity index (χ1n) is 10.7. The SMILES string of the molecule is COC1CCCN(c2ccc(NC(=O)CCCN3C(=O)c4ccccc4C3=O)cc2)C1. The Morgan fingerprint density at radius 3 is 2.39 bits per heavy atom. The van der Waals surface area contributed by atoms with Gasteiger partial charge >= 0.3 is 0 Å². The van der Waals surface area contributed by atoms with Crippen molar-refractivity contribution in [2.45, 2.75) is 31.8 Å². The number of carbonyl (C=O) groups is 3. The van der Waals surface area contributed by atoms with E-state index in [1.807, 2.05) is 24.3 Å². The average molecular weight is 421 g/mol. The first-order valence-corrected chi connectivity index (χ1v) is 10.7. The van der Waals surface area contributed by atoms with Crippen molar-refractivity contribution >= 4 is 29.1 Å². The highest BCUT2D eigenvalue weighted by Crippen LogP contribution is 2.24. The smallest absolute Gasteiger partial charge is 0.261 e. The van der Waals surface area contributed by atoms with E-state index < -0.39 is 0 Å². The molecule has 1 fully saturated rings. The minimum absolute atomic E-state index is 0.137. The standard InChI is InChI=1S/C24H27N3O4/c1-31-19-6-4-14-26(16-19)18-12-10-17(11-13-18)25-22(28)9-5-15-27-23(29)20-7-2-3-8-21(20)24(27)30/h2-3,7-8,10-13,19H,4-6,9,14-16H2,1H3,(H,25,28). The van der Waals surface area contributed by atoms with E-state index in [0.717, 1.165) is 37.3 Å². The maximum absolute atomic E-state index is 12.4. The predicted molar refractivity (Wildman–Crippen MR) is 118 cm³/mol. The number of carbonyl (C=O) groups excluding carboxylic acids is 3. The van der Waals surface area contributed by atoms with Crippen LogP contribution in [-0.2, 0) is 9.53 Å². The summed E-state index contributed by atoms with van der Waals surface area (Å²) < 4.78 is 5.48. The van der Waals surface area contributed by atoms with Crippen molar-refractivity contribution in [3.63, 3.8) is 0 Å². The van der Waals surface area contributed by atoms with E-state index >= 15 is 0 Å². The average Bonchev–Trinajstić information content (AvgIpc) is 3.04. The van der Waals surface area contributed by atoms with Crippen molar-refractivity contribution in [1.82, 2.24) is 4.90 Å². The molecule has 1 N–H and O–H groups in total. The number of anilines is 2. The number of imide groups is 1. The Bertz CT molecular complexity index is 938. The van der Waals surface area contributed by atoms with Crippen molar-refractivity contribution in [1.29, 1.82) is 0 Å². The molecule has 1 unspecified atom stereocenters. The zero-order valence-electron chi connectivity index (χ0n) is 17.7. The van der Waals surface area contributed by atoms with Gasteiger partial charge in [0.25, 0.3) is 11.8 Å². The third-order valence-corrected chi connectivity index (χ3v) is 5.89. The summed E-state index contributed by atoms with van der Waals surface area (Å²) in [5, 5.41) is 2.89. The molecule has 1 atom stereocenters. The molecule has 2 aromatic rings. The summed E-state index contributed by atoms with van der Waals surface area (Å²) in [7, 11) is 1.75.